The van der Waals surface area contributed by atoms with E-state index in [0.717, 1.165) is 6.42 Å². The summed E-state index contributed by atoms with van der Waals surface area (Å²) in [6, 6.07) is -0.923. The number of amides is 3. The molecule has 0 aliphatic carbocycles. The van der Waals surface area contributed by atoms with E-state index in [4.69, 9.17) is 10.5 Å². The highest BCUT2D eigenvalue weighted by Crippen LogP contribution is 2.32. The van der Waals surface area contributed by atoms with Crippen LogP contribution in [0.4, 0.5) is 0 Å². The Kier molecular flexibility index (Phi) is 6.97. The third-order valence-electron chi connectivity index (χ3n) is 5.78. The van der Waals surface area contributed by atoms with E-state index in [9.17, 15) is 19.2 Å². The molecule has 0 aromatic rings. The number of ketones is 1. The molecule has 5 atom stereocenters. The van der Waals surface area contributed by atoms with Crippen LogP contribution in [-0.4, -0.2) is 71.7 Å². The summed E-state index contributed by atoms with van der Waals surface area (Å²) in [4.78, 5) is 52.2. The minimum absolute atomic E-state index is 0.00588. The van der Waals surface area contributed by atoms with Crippen LogP contribution in [0.5, 0.6) is 0 Å². The average Bonchev–Trinajstić information content (AvgIpc) is 3.21. The largest absolute Gasteiger partial charge is 0.371 e. The molecule has 0 spiro atoms. The van der Waals surface area contributed by atoms with Gasteiger partial charge in [-0.25, -0.2) is 0 Å². The summed E-state index contributed by atoms with van der Waals surface area (Å²) < 4.78 is 5.39. The van der Waals surface area contributed by atoms with Crippen molar-refractivity contribution in [2.45, 2.75) is 58.2 Å². The van der Waals surface area contributed by atoms with Gasteiger partial charge in [0.2, 0.25) is 11.8 Å². The molecule has 3 amide bonds. The van der Waals surface area contributed by atoms with Crippen LogP contribution in [0.1, 0.15) is 40.0 Å². The van der Waals surface area contributed by atoms with Gasteiger partial charge in [0.05, 0.1) is 19.0 Å². The van der Waals surface area contributed by atoms with Gasteiger partial charge in [0, 0.05) is 19.6 Å². The minimum Gasteiger partial charge on any atom is -0.371 e. The fourth-order valence-electron chi connectivity index (χ4n) is 3.82. The number of carbonyl (C=O) groups is 4. The van der Waals surface area contributed by atoms with E-state index in [1.807, 2.05) is 13.8 Å². The monoisotopic (exact) mass is 380 g/mol. The number of hydrogen-bond donors (Lipinski definition) is 1. The van der Waals surface area contributed by atoms with Gasteiger partial charge in [-0.15, -0.1) is 0 Å². The summed E-state index contributed by atoms with van der Waals surface area (Å²) >= 11 is 0. The zero-order valence-electron chi connectivity index (χ0n) is 16.5. The van der Waals surface area contributed by atoms with E-state index in [1.54, 1.807) is 11.8 Å². The maximum atomic E-state index is 12.9. The lowest BCUT2D eigenvalue weighted by molar-refractivity contribution is -0.146. The maximum absolute atomic E-state index is 12.9. The molecule has 2 saturated heterocycles. The molecule has 8 nitrogen and oxygen atoms in total. The van der Waals surface area contributed by atoms with Crippen molar-refractivity contribution < 1.29 is 23.9 Å². The van der Waals surface area contributed by atoms with Crippen LogP contribution >= 0.6 is 0 Å². The fraction of sp³-hybridized carbons (Fsp3) is 0.737. The van der Waals surface area contributed by atoms with Crippen molar-refractivity contribution in [2.24, 2.45) is 17.6 Å². The van der Waals surface area contributed by atoms with E-state index >= 15 is 0 Å². The molecule has 2 rings (SSSR count). The number of nitrogens with two attached hydrogens (primary N) is 1. The molecule has 1 radical (unpaired) electrons. The number of Topliss-reactive ketones (excluding diaryl/α,β-unsaturated/α-hetero) is 1. The molecule has 0 saturated carbocycles. The molecule has 0 bridgehead atoms. The number of rotatable bonds is 8. The van der Waals surface area contributed by atoms with Crippen LogP contribution in [0, 0.1) is 18.3 Å². The number of primary amides is 1. The maximum Gasteiger partial charge on any atom is 0.252 e. The van der Waals surface area contributed by atoms with E-state index in [0.29, 0.717) is 13.0 Å². The van der Waals surface area contributed by atoms with Crippen molar-refractivity contribution in [3.63, 3.8) is 0 Å². The van der Waals surface area contributed by atoms with E-state index in [2.05, 4.69) is 0 Å². The van der Waals surface area contributed by atoms with Crippen LogP contribution in [0.25, 0.3) is 0 Å². The van der Waals surface area contributed by atoms with Gasteiger partial charge >= 0.3 is 0 Å². The Morgan fingerprint density at radius 2 is 1.96 bits per heavy atom. The number of nitrogens with zero attached hydrogens (tertiary/aromatic N) is 2. The van der Waals surface area contributed by atoms with Crippen LogP contribution < -0.4 is 5.73 Å². The first-order chi connectivity index (χ1) is 12.7. The lowest BCUT2D eigenvalue weighted by Crippen LogP contribution is -2.47. The molecule has 2 fully saturated rings. The van der Waals surface area contributed by atoms with E-state index in [1.165, 1.54) is 18.4 Å². The molecular weight excluding hydrogens is 350 g/mol. The zero-order valence-corrected chi connectivity index (χ0v) is 16.5. The van der Waals surface area contributed by atoms with Gasteiger partial charge in [-0.1, -0.05) is 27.2 Å². The van der Waals surface area contributed by atoms with Crippen molar-refractivity contribution in [1.29, 1.82) is 0 Å². The van der Waals surface area contributed by atoms with Crippen molar-refractivity contribution in [3.05, 3.63) is 6.42 Å². The van der Waals surface area contributed by atoms with Crippen LogP contribution in [0.15, 0.2) is 0 Å². The first-order valence-corrected chi connectivity index (χ1v) is 9.51. The van der Waals surface area contributed by atoms with Crippen LogP contribution in [0.3, 0.4) is 0 Å². The Hall–Kier alpha value is -1.96. The molecule has 2 N–H and O–H groups in total. The summed E-state index contributed by atoms with van der Waals surface area (Å²) in [5.74, 6) is -1.48. The number of likely N-dealkylation sites (tertiary alicyclic amines) is 2. The molecule has 0 aromatic carbocycles. The molecule has 2 heterocycles. The van der Waals surface area contributed by atoms with Crippen LogP contribution in [0.2, 0.25) is 0 Å². The Bertz CT molecular complexity index is 608. The van der Waals surface area contributed by atoms with Crippen molar-refractivity contribution >= 4 is 23.5 Å². The van der Waals surface area contributed by atoms with E-state index < -0.39 is 24.0 Å². The lowest BCUT2D eigenvalue weighted by Gasteiger charge is -2.29. The van der Waals surface area contributed by atoms with Gasteiger partial charge in [0.1, 0.15) is 12.1 Å². The van der Waals surface area contributed by atoms with Crippen LogP contribution in [-0.2, 0) is 23.9 Å². The third kappa shape index (κ3) is 4.31. The highest BCUT2D eigenvalue weighted by Gasteiger charge is 2.52. The van der Waals surface area contributed by atoms with Crippen molar-refractivity contribution in [1.82, 2.24) is 9.80 Å². The third-order valence-corrected chi connectivity index (χ3v) is 5.78. The molecule has 0 aromatic heterocycles. The first kappa shape index (κ1) is 21.3. The number of hydrogen-bond acceptors (Lipinski definition) is 5. The molecule has 5 unspecified atom stereocenters. The number of methoxy groups -OCH3 is 1. The summed E-state index contributed by atoms with van der Waals surface area (Å²) in [7, 11) is 1.50. The smallest absolute Gasteiger partial charge is 0.252 e. The Morgan fingerprint density at radius 1 is 1.30 bits per heavy atom. The second kappa shape index (κ2) is 8.82. The van der Waals surface area contributed by atoms with Gasteiger partial charge in [0.15, 0.2) is 5.78 Å². The van der Waals surface area contributed by atoms with Gasteiger partial charge in [-0.2, -0.15) is 0 Å². The second-order valence-corrected chi connectivity index (χ2v) is 7.55. The van der Waals surface area contributed by atoms with Gasteiger partial charge < -0.3 is 20.3 Å². The molecule has 2 aliphatic heterocycles. The van der Waals surface area contributed by atoms with Gasteiger partial charge in [-0.05, 0) is 18.8 Å². The summed E-state index contributed by atoms with van der Waals surface area (Å²) in [5, 5.41) is 0. The van der Waals surface area contributed by atoms with Gasteiger partial charge in [-0.3, -0.25) is 19.2 Å². The minimum atomic E-state index is -0.615. The summed E-state index contributed by atoms with van der Waals surface area (Å²) in [6.07, 6.45) is 2.40. The molecule has 151 valence electrons. The fourth-order valence-corrected chi connectivity index (χ4v) is 3.82. The molecular formula is C19H30N3O5. The zero-order chi connectivity index (χ0) is 20.3. The normalized spacial score (nSPS) is 25.3. The lowest BCUT2D eigenvalue weighted by atomic mass is 10.00. The van der Waals surface area contributed by atoms with Crippen molar-refractivity contribution in [2.75, 3.05) is 20.2 Å². The summed E-state index contributed by atoms with van der Waals surface area (Å²) in [5.41, 5.74) is 5.22. The Labute approximate surface area is 160 Å². The quantitative estimate of drug-likeness (QED) is 0.644. The molecule has 27 heavy (non-hydrogen) atoms. The highest BCUT2D eigenvalue weighted by molar-refractivity contribution is 5.99. The standard InChI is InChI=1S/C19H30N3O5/c1-5-11(2)17(27-4)19(26)22-10-14(23)16-13(22)8-9-21(16)15(24)7-6-12(3)18(20)25/h7,11-13,16-17H,5-6,8-10H2,1-4H3,(H2,20,25). The SMILES string of the molecule is CCC(C)C(OC)C(=O)N1CC(=O)C2C1CCN2C(=O)[CH]CC(C)C(N)=O. The number of fused-ring (bicyclic) bond motifs is 1. The Morgan fingerprint density at radius 3 is 2.52 bits per heavy atom. The molecule has 2 aliphatic rings. The number of ether oxygens (including phenoxy) is 1. The second-order valence-electron chi connectivity index (χ2n) is 7.55. The summed E-state index contributed by atoms with van der Waals surface area (Å²) in [6.45, 7) is 6.00. The topological polar surface area (TPSA) is 110 Å². The van der Waals surface area contributed by atoms with Crippen molar-refractivity contribution in [3.8, 4) is 0 Å². The average molecular weight is 380 g/mol. The molecule has 8 heteroatoms. The Balaban J connectivity index is 2.06. The first-order valence-electron chi connectivity index (χ1n) is 9.51. The van der Waals surface area contributed by atoms with E-state index in [-0.39, 0.29) is 42.5 Å². The highest BCUT2D eigenvalue weighted by atomic mass is 16.5. The predicted octanol–water partition coefficient (Wildman–Crippen LogP) is 0.144. The predicted molar refractivity (Wildman–Crippen MR) is 98.2 cm³/mol. The van der Waals surface area contributed by atoms with Gasteiger partial charge in [0.25, 0.3) is 5.91 Å². The number of carbonyl (C=O) groups excluding carboxylic acids is 4.